The van der Waals surface area contributed by atoms with E-state index in [1.165, 1.54) is 11.3 Å². The number of hydroxylamine groups is 1. The summed E-state index contributed by atoms with van der Waals surface area (Å²) < 4.78 is 0. The molecule has 3 amide bonds. The van der Waals surface area contributed by atoms with Gasteiger partial charge in [-0.25, -0.2) is 15.3 Å². The molecule has 0 atom stereocenters. The van der Waals surface area contributed by atoms with Gasteiger partial charge in [0.15, 0.2) is 0 Å². The zero-order valence-corrected chi connectivity index (χ0v) is 16.4. The molecule has 2 aromatic rings. The molecule has 0 aliphatic rings. The van der Waals surface area contributed by atoms with Crippen LogP contribution in [0.15, 0.2) is 29.6 Å². The van der Waals surface area contributed by atoms with Crippen molar-refractivity contribution in [3.05, 3.63) is 45.4 Å². The van der Waals surface area contributed by atoms with Crippen molar-refractivity contribution in [2.45, 2.75) is 33.4 Å². The van der Waals surface area contributed by atoms with Gasteiger partial charge in [-0.1, -0.05) is 17.7 Å². The fraction of sp³-hybridized carbons (Fsp3) is 0.353. The van der Waals surface area contributed by atoms with Gasteiger partial charge in [-0.15, -0.1) is 11.3 Å². The van der Waals surface area contributed by atoms with Gasteiger partial charge >= 0.3 is 6.03 Å². The van der Waals surface area contributed by atoms with Crippen LogP contribution in [0.1, 0.15) is 36.3 Å². The number of halogens is 1. The van der Waals surface area contributed by atoms with Crippen molar-refractivity contribution in [2.24, 2.45) is 0 Å². The van der Waals surface area contributed by atoms with Crippen molar-refractivity contribution in [1.82, 2.24) is 15.4 Å². The first-order valence-corrected chi connectivity index (χ1v) is 9.36. The Morgan fingerprint density at radius 1 is 1.38 bits per heavy atom. The van der Waals surface area contributed by atoms with Crippen LogP contribution < -0.4 is 10.8 Å². The fourth-order valence-electron chi connectivity index (χ4n) is 2.07. The molecule has 0 fully saturated rings. The monoisotopic (exact) mass is 396 g/mol. The van der Waals surface area contributed by atoms with Crippen LogP contribution in [0.4, 0.5) is 10.5 Å². The van der Waals surface area contributed by atoms with E-state index in [1.54, 1.807) is 41.5 Å². The summed E-state index contributed by atoms with van der Waals surface area (Å²) in [6, 6.07) is 6.62. The number of thiazole rings is 1. The van der Waals surface area contributed by atoms with Crippen molar-refractivity contribution < 1.29 is 14.4 Å². The summed E-state index contributed by atoms with van der Waals surface area (Å²) in [7, 11) is 0. The molecule has 0 spiro atoms. The molecule has 7 nitrogen and oxygen atoms in total. The van der Waals surface area contributed by atoms with E-state index in [-0.39, 0.29) is 24.3 Å². The molecule has 0 bridgehead atoms. The third-order valence-corrected chi connectivity index (χ3v) is 4.43. The molecular formula is C17H21ClN4O3S. The van der Waals surface area contributed by atoms with Crippen LogP contribution in [-0.4, -0.2) is 34.5 Å². The Bertz CT molecular complexity index is 766. The van der Waals surface area contributed by atoms with E-state index in [0.717, 1.165) is 0 Å². The largest absolute Gasteiger partial charge is 0.322 e. The summed E-state index contributed by atoms with van der Waals surface area (Å²) in [4.78, 5) is 35.2. The van der Waals surface area contributed by atoms with Gasteiger partial charge in [0, 0.05) is 22.1 Å². The van der Waals surface area contributed by atoms with Crippen LogP contribution >= 0.6 is 22.9 Å². The maximum absolute atomic E-state index is 12.6. The average Bonchev–Trinajstić information content (AvgIpc) is 3.06. The minimum absolute atomic E-state index is 0.0567. The molecule has 0 saturated carbocycles. The molecule has 0 unspecified atom stereocenters. The highest BCUT2D eigenvalue weighted by atomic mass is 35.5. The first-order valence-electron chi connectivity index (χ1n) is 8.10. The summed E-state index contributed by atoms with van der Waals surface area (Å²) in [6.45, 7) is 6.25. The number of carbonyl (C=O) groups is 2. The van der Waals surface area contributed by atoms with Gasteiger partial charge in [0.05, 0.1) is 13.2 Å². The SMILES string of the molecule is CCONC(=O)c1csc(CN(C(=O)Nc2cccc(Cl)c2)C(C)C)n1. The van der Waals surface area contributed by atoms with Crippen molar-refractivity contribution in [3.8, 4) is 0 Å². The lowest BCUT2D eigenvalue weighted by molar-refractivity contribution is 0.0360. The number of urea groups is 1. The average molecular weight is 397 g/mol. The van der Waals surface area contributed by atoms with E-state index in [9.17, 15) is 9.59 Å². The third kappa shape index (κ3) is 5.69. The van der Waals surface area contributed by atoms with Crippen molar-refractivity contribution >= 4 is 40.6 Å². The minimum Gasteiger partial charge on any atom is -0.315 e. The van der Waals surface area contributed by atoms with E-state index in [2.05, 4.69) is 15.8 Å². The first kappa shape index (κ1) is 20.2. The van der Waals surface area contributed by atoms with E-state index < -0.39 is 5.91 Å². The second-order valence-electron chi connectivity index (χ2n) is 5.65. The predicted molar refractivity (Wildman–Crippen MR) is 102 cm³/mol. The van der Waals surface area contributed by atoms with Crippen LogP contribution in [-0.2, 0) is 11.4 Å². The maximum atomic E-state index is 12.6. The van der Waals surface area contributed by atoms with Gasteiger partial charge in [-0.05, 0) is 39.0 Å². The molecule has 1 aromatic heterocycles. The molecule has 0 saturated heterocycles. The van der Waals surface area contributed by atoms with E-state index in [0.29, 0.717) is 22.3 Å². The summed E-state index contributed by atoms with van der Waals surface area (Å²) in [5, 5.41) is 5.66. The molecule has 0 aliphatic carbocycles. The third-order valence-electron chi connectivity index (χ3n) is 3.36. The number of rotatable bonds is 7. The Morgan fingerprint density at radius 3 is 2.81 bits per heavy atom. The molecule has 0 radical (unpaired) electrons. The van der Waals surface area contributed by atoms with Crippen molar-refractivity contribution in [3.63, 3.8) is 0 Å². The number of nitrogens with zero attached hydrogens (tertiary/aromatic N) is 2. The highest BCUT2D eigenvalue weighted by Gasteiger charge is 2.20. The summed E-state index contributed by atoms with van der Waals surface area (Å²) >= 11 is 7.26. The van der Waals surface area contributed by atoms with Gasteiger partial charge in [-0.2, -0.15) is 0 Å². The topological polar surface area (TPSA) is 83.6 Å². The molecule has 2 N–H and O–H groups in total. The smallest absolute Gasteiger partial charge is 0.315 e. The fourth-order valence-corrected chi connectivity index (χ4v) is 3.04. The number of nitrogens with one attached hydrogen (secondary N) is 2. The van der Waals surface area contributed by atoms with E-state index in [1.807, 2.05) is 13.8 Å². The standard InChI is InChI=1S/C17H21ClN4O3S/c1-4-25-21-16(23)14-10-26-15(20-14)9-22(11(2)3)17(24)19-13-7-5-6-12(18)8-13/h5-8,10-11H,4,9H2,1-3H3,(H,19,24)(H,21,23). The molecule has 140 valence electrons. The highest BCUT2D eigenvalue weighted by Crippen LogP contribution is 2.18. The van der Waals surface area contributed by atoms with Gasteiger partial charge in [0.25, 0.3) is 5.91 Å². The lowest BCUT2D eigenvalue weighted by Crippen LogP contribution is -2.39. The number of anilines is 1. The number of hydrogen-bond acceptors (Lipinski definition) is 5. The van der Waals surface area contributed by atoms with Gasteiger partial charge < -0.3 is 10.2 Å². The van der Waals surface area contributed by atoms with Crippen molar-refractivity contribution in [1.29, 1.82) is 0 Å². The Kier molecular flexibility index (Phi) is 7.38. The molecule has 1 aromatic carbocycles. The zero-order chi connectivity index (χ0) is 19.1. The normalized spacial score (nSPS) is 10.7. The van der Waals surface area contributed by atoms with Gasteiger partial charge in [0.1, 0.15) is 10.7 Å². The Labute approximate surface area is 161 Å². The Hall–Kier alpha value is -2.16. The molecule has 2 rings (SSSR count). The van der Waals surface area contributed by atoms with Gasteiger partial charge in [0.2, 0.25) is 0 Å². The molecule has 26 heavy (non-hydrogen) atoms. The second kappa shape index (κ2) is 9.51. The Balaban J connectivity index is 2.05. The van der Waals surface area contributed by atoms with E-state index >= 15 is 0 Å². The summed E-state index contributed by atoms with van der Waals surface area (Å²) in [5.74, 6) is -0.408. The van der Waals surface area contributed by atoms with Crippen LogP contribution in [0, 0.1) is 0 Å². The lowest BCUT2D eigenvalue weighted by atomic mass is 10.3. The minimum atomic E-state index is -0.408. The van der Waals surface area contributed by atoms with Crippen LogP contribution in [0.25, 0.3) is 0 Å². The van der Waals surface area contributed by atoms with Gasteiger partial charge in [-0.3, -0.25) is 9.63 Å². The number of benzene rings is 1. The molecule has 0 aliphatic heterocycles. The molecular weight excluding hydrogens is 376 g/mol. The second-order valence-corrected chi connectivity index (χ2v) is 7.03. The van der Waals surface area contributed by atoms with Crippen LogP contribution in [0.2, 0.25) is 5.02 Å². The van der Waals surface area contributed by atoms with Crippen LogP contribution in [0.3, 0.4) is 0 Å². The molecule has 9 heteroatoms. The number of hydrogen-bond donors (Lipinski definition) is 2. The zero-order valence-electron chi connectivity index (χ0n) is 14.8. The summed E-state index contributed by atoms with van der Waals surface area (Å²) in [5.41, 5.74) is 3.17. The Morgan fingerprint density at radius 2 is 2.15 bits per heavy atom. The van der Waals surface area contributed by atoms with Crippen molar-refractivity contribution in [2.75, 3.05) is 11.9 Å². The van der Waals surface area contributed by atoms with Crippen LogP contribution in [0.5, 0.6) is 0 Å². The highest BCUT2D eigenvalue weighted by molar-refractivity contribution is 7.09. The molecule has 1 heterocycles. The number of aromatic nitrogens is 1. The number of carbonyl (C=O) groups excluding carboxylic acids is 2. The first-order chi connectivity index (χ1) is 12.4. The van der Waals surface area contributed by atoms with E-state index in [4.69, 9.17) is 16.4 Å². The lowest BCUT2D eigenvalue weighted by Gasteiger charge is -2.26. The maximum Gasteiger partial charge on any atom is 0.322 e. The number of amides is 3. The summed E-state index contributed by atoms with van der Waals surface area (Å²) in [6.07, 6.45) is 0. The quantitative estimate of drug-likeness (QED) is 0.695. The predicted octanol–water partition coefficient (Wildman–Crippen LogP) is 3.92.